The number of carbonyl (C=O) groups is 2. The first-order valence-electron chi connectivity index (χ1n) is 10.7. The van der Waals surface area contributed by atoms with Crippen LogP contribution in [0.15, 0.2) is 53.1 Å². The van der Waals surface area contributed by atoms with E-state index in [-0.39, 0.29) is 12.1 Å². The number of aliphatic carboxylic acids is 1. The summed E-state index contributed by atoms with van der Waals surface area (Å²) in [6.45, 7) is 5.68. The minimum Gasteiger partial charge on any atom is -0.481 e. The van der Waals surface area contributed by atoms with Crippen LogP contribution in [-0.4, -0.2) is 40.3 Å². The smallest absolute Gasteiger partial charge is 0.321 e. The molecule has 2 amide bonds. The minimum absolute atomic E-state index is 0.0644. The zero-order valence-electron chi connectivity index (χ0n) is 18.7. The van der Waals surface area contributed by atoms with E-state index < -0.39 is 11.4 Å². The molecule has 7 nitrogen and oxygen atoms in total. The van der Waals surface area contributed by atoms with E-state index in [4.69, 9.17) is 4.52 Å². The lowest BCUT2D eigenvalue weighted by atomic mass is 9.93. The van der Waals surface area contributed by atoms with Gasteiger partial charge in [0.1, 0.15) is 11.4 Å². The van der Waals surface area contributed by atoms with Crippen molar-refractivity contribution < 1.29 is 19.2 Å². The molecule has 3 aromatic rings. The Balaban J connectivity index is 1.55. The van der Waals surface area contributed by atoms with Gasteiger partial charge in [-0.1, -0.05) is 53.7 Å². The highest BCUT2D eigenvalue weighted by Crippen LogP contribution is 2.48. The van der Waals surface area contributed by atoms with Crippen LogP contribution < -0.4 is 5.32 Å². The second kappa shape index (κ2) is 8.15. The number of hydrogen-bond donors (Lipinski definition) is 2. The molecule has 2 N–H and O–H groups in total. The molecule has 0 radical (unpaired) electrons. The summed E-state index contributed by atoms with van der Waals surface area (Å²) in [5.41, 5.74) is 4.13. The summed E-state index contributed by atoms with van der Waals surface area (Å²) in [4.78, 5) is 25.6. The quantitative estimate of drug-likeness (QED) is 0.550. The Morgan fingerprint density at radius 1 is 1.03 bits per heavy atom. The Morgan fingerprint density at radius 3 is 2.06 bits per heavy atom. The number of aryl methyl sites for hydroxylation is 1. The average molecular weight is 434 g/mol. The second-order valence-electron chi connectivity index (χ2n) is 8.65. The largest absolute Gasteiger partial charge is 0.481 e. The number of benzene rings is 2. The molecule has 0 saturated heterocycles. The normalized spacial score (nSPS) is 14.3. The molecule has 7 heteroatoms. The molecule has 166 valence electrons. The minimum atomic E-state index is -0.751. The summed E-state index contributed by atoms with van der Waals surface area (Å²) in [6, 6.07) is 15.4. The van der Waals surface area contributed by atoms with Gasteiger partial charge < -0.3 is 19.8 Å². The predicted molar refractivity (Wildman–Crippen MR) is 123 cm³/mol. The fraction of sp³-hybridized carbons (Fsp3) is 0.320. The van der Waals surface area contributed by atoms with E-state index in [9.17, 15) is 14.7 Å². The van der Waals surface area contributed by atoms with Gasteiger partial charge in [0.05, 0.1) is 5.41 Å². The number of nitrogens with zero attached hydrogens (tertiary/aromatic N) is 2. The first-order chi connectivity index (χ1) is 15.2. The predicted octanol–water partition coefficient (Wildman–Crippen LogP) is 5.31. The van der Waals surface area contributed by atoms with Crippen LogP contribution in [0.2, 0.25) is 0 Å². The Hall–Kier alpha value is -3.61. The molecule has 32 heavy (non-hydrogen) atoms. The third-order valence-electron chi connectivity index (χ3n) is 6.27. The number of anilines is 1. The van der Waals surface area contributed by atoms with Crippen LogP contribution in [-0.2, 0) is 10.2 Å². The summed E-state index contributed by atoms with van der Waals surface area (Å²) in [5, 5.41) is 16.4. The highest BCUT2D eigenvalue weighted by Gasteiger charge is 2.51. The van der Waals surface area contributed by atoms with Crippen molar-refractivity contribution in [3.05, 3.63) is 59.8 Å². The molecular weight excluding hydrogens is 406 g/mol. The van der Waals surface area contributed by atoms with Crippen LogP contribution >= 0.6 is 0 Å². The van der Waals surface area contributed by atoms with E-state index in [0.717, 1.165) is 22.3 Å². The summed E-state index contributed by atoms with van der Waals surface area (Å²) < 4.78 is 5.51. The maximum absolute atomic E-state index is 12.5. The van der Waals surface area contributed by atoms with Crippen molar-refractivity contribution in [2.45, 2.75) is 45.1 Å². The summed E-state index contributed by atoms with van der Waals surface area (Å²) in [7, 11) is 1.74. The van der Waals surface area contributed by atoms with Gasteiger partial charge in [0.15, 0.2) is 5.76 Å². The van der Waals surface area contributed by atoms with Gasteiger partial charge in [0.25, 0.3) is 0 Å². The highest BCUT2D eigenvalue weighted by atomic mass is 16.5. The van der Waals surface area contributed by atoms with Crippen molar-refractivity contribution in [2.75, 3.05) is 12.4 Å². The summed E-state index contributed by atoms with van der Waals surface area (Å²) >= 11 is 0. The number of rotatable bonds is 6. The van der Waals surface area contributed by atoms with Crippen LogP contribution in [0.3, 0.4) is 0 Å². The van der Waals surface area contributed by atoms with Crippen LogP contribution in [0, 0.1) is 6.92 Å². The van der Waals surface area contributed by atoms with Crippen LogP contribution in [0.5, 0.6) is 0 Å². The lowest BCUT2D eigenvalue weighted by Crippen LogP contribution is -2.36. The van der Waals surface area contributed by atoms with Gasteiger partial charge in [0, 0.05) is 18.7 Å². The van der Waals surface area contributed by atoms with Gasteiger partial charge in [-0.25, -0.2) is 4.79 Å². The van der Waals surface area contributed by atoms with Crippen LogP contribution in [0.1, 0.15) is 37.9 Å². The molecule has 0 bridgehead atoms. The van der Waals surface area contributed by atoms with Gasteiger partial charge in [-0.15, -0.1) is 0 Å². The van der Waals surface area contributed by atoms with Crippen molar-refractivity contribution in [3.8, 4) is 22.5 Å². The van der Waals surface area contributed by atoms with E-state index in [1.807, 2.05) is 62.4 Å². The molecule has 0 unspecified atom stereocenters. The molecule has 1 fully saturated rings. The number of aromatic nitrogens is 1. The summed E-state index contributed by atoms with van der Waals surface area (Å²) in [5.74, 6) is -0.244. The molecule has 2 aromatic carbocycles. The second-order valence-corrected chi connectivity index (χ2v) is 8.65. The van der Waals surface area contributed by atoms with Crippen LogP contribution in [0.25, 0.3) is 22.5 Å². The number of amides is 2. The third-order valence-corrected chi connectivity index (χ3v) is 6.27. The number of carboxylic acids is 1. The molecule has 0 atom stereocenters. The van der Waals surface area contributed by atoms with Crippen LogP contribution in [0.4, 0.5) is 10.5 Å². The van der Waals surface area contributed by atoms with Gasteiger partial charge >= 0.3 is 12.0 Å². The van der Waals surface area contributed by atoms with Gasteiger partial charge in [-0.05, 0) is 50.3 Å². The molecule has 0 spiro atoms. The summed E-state index contributed by atoms with van der Waals surface area (Å²) in [6.07, 6.45) is 1.39. The fourth-order valence-electron chi connectivity index (χ4n) is 3.69. The Bertz CT molecular complexity index is 1140. The molecule has 1 saturated carbocycles. The Kier molecular flexibility index (Phi) is 5.50. The van der Waals surface area contributed by atoms with Crippen molar-refractivity contribution in [1.29, 1.82) is 0 Å². The molecule has 4 rings (SSSR count). The van der Waals surface area contributed by atoms with E-state index in [1.54, 1.807) is 18.9 Å². The Labute approximate surface area is 187 Å². The van der Waals surface area contributed by atoms with E-state index in [0.29, 0.717) is 30.0 Å². The molecule has 0 aliphatic heterocycles. The number of nitrogens with one attached hydrogen (secondary N) is 1. The molecule has 1 heterocycles. The lowest BCUT2D eigenvalue weighted by Gasteiger charge is -2.21. The lowest BCUT2D eigenvalue weighted by molar-refractivity contribution is -0.140. The van der Waals surface area contributed by atoms with Gasteiger partial charge in [-0.3, -0.25) is 4.79 Å². The van der Waals surface area contributed by atoms with Crippen molar-refractivity contribution in [1.82, 2.24) is 10.1 Å². The first-order valence-corrected chi connectivity index (χ1v) is 10.7. The molecule has 1 aliphatic rings. The number of hydrogen-bond acceptors (Lipinski definition) is 4. The molecule has 1 aliphatic carbocycles. The maximum atomic E-state index is 12.5. The average Bonchev–Trinajstić information content (AvgIpc) is 3.53. The zero-order valence-corrected chi connectivity index (χ0v) is 18.7. The third kappa shape index (κ3) is 3.86. The topological polar surface area (TPSA) is 95.7 Å². The highest BCUT2D eigenvalue weighted by molar-refractivity contribution is 5.94. The van der Waals surface area contributed by atoms with E-state index >= 15 is 0 Å². The number of urea groups is 1. The zero-order chi connectivity index (χ0) is 23.0. The number of carbonyl (C=O) groups excluding carboxylic acids is 1. The fourth-order valence-corrected chi connectivity index (χ4v) is 3.69. The van der Waals surface area contributed by atoms with E-state index in [1.165, 1.54) is 0 Å². The van der Waals surface area contributed by atoms with E-state index in [2.05, 4.69) is 10.5 Å². The van der Waals surface area contributed by atoms with Gasteiger partial charge in [-0.2, -0.15) is 0 Å². The van der Waals surface area contributed by atoms with Crippen molar-refractivity contribution in [2.24, 2.45) is 0 Å². The molecular formula is C25H27N3O4. The monoisotopic (exact) mass is 433 g/mol. The standard InChI is InChI=1S/C25H27N3O4/c1-15(2)28(4)24(31)26-21-16(3)27-32-22(21)19-7-5-17(6-8-19)18-9-11-20(12-10-18)25(13-14-25)23(29)30/h5-12,15H,13-14H2,1-4H3,(H,26,31)(H,29,30). The van der Waals surface area contributed by atoms with Crippen molar-refractivity contribution in [3.63, 3.8) is 0 Å². The number of carboxylic acid groups (broad SMARTS) is 1. The van der Waals surface area contributed by atoms with Crippen molar-refractivity contribution >= 4 is 17.7 Å². The first kappa shape index (κ1) is 21.6. The maximum Gasteiger partial charge on any atom is 0.321 e. The van der Waals surface area contributed by atoms with Gasteiger partial charge in [0.2, 0.25) is 0 Å². The SMILES string of the molecule is Cc1noc(-c2ccc(-c3ccc(C4(C(=O)O)CC4)cc3)cc2)c1NC(=O)N(C)C(C)C. The Morgan fingerprint density at radius 2 is 1.56 bits per heavy atom. The molecule has 1 aromatic heterocycles.